The van der Waals surface area contributed by atoms with Crippen molar-refractivity contribution in [2.75, 3.05) is 20.8 Å². The van der Waals surface area contributed by atoms with Crippen LogP contribution in [0, 0.1) is 17.8 Å². The van der Waals surface area contributed by atoms with Gasteiger partial charge in [-0.3, -0.25) is 0 Å². The summed E-state index contributed by atoms with van der Waals surface area (Å²) in [5, 5.41) is 0. The first-order chi connectivity index (χ1) is 11.3. The van der Waals surface area contributed by atoms with E-state index in [9.17, 15) is 9.59 Å². The molecule has 0 unspecified atom stereocenters. The second-order valence-corrected chi connectivity index (χ2v) is 20.6. The number of ether oxygens (including phenoxy) is 3. The van der Waals surface area contributed by atoms with Crippen molar-refractivity contribution in [2.24, 2.45) is 5.92 Å². The molecule has 0 saturated heterocycles. The monoisotopic (exact) mass is 440 g/mol. The van der Waals surface area contributed by atoms with E-state index in [-0.39, 0.29) is 13.0 Å². The Bertz CT molecular complexity index is 621. The number of rotatable bonds is 6. The molecule has 0 amide bonds. The molecule has 0 aliphatic carbocycles. The number of carbonyl (C=O) groups excluding carboxylic acids is 2. The van der Waals surface area contributed by atoms with Crippen LogP contribution in [0.2, 0.25) is 14.8 Å². The molecule has 0 N–H and O–H groups in total. The van der Waals surface area contributed by atoms with E-state index in [4.69, 9.17) is 4.74 Å². The Morgan fingerprint density at radius 3 is 2.17 bits per heavy atom. The van der Waals surface area contributed by atoms with Crippen molar-refractivity contribution in [2.45, 2.75) is 21.2 Å². The zero-order valence-electron chi connectivity index (χ0n) is 14.8. The fraction of sp³-hybridized carbons (Fsp3) is 0.444. The molecule has 24 heavy (non-hydrogen) atoms. The van der Waals surface area contributed by atoms with Gasteiger partial charge in [0.15, 0.2) is 0 Å². The molecule has 130 valence electrons. The minimum atomic E-state index is -2.25. The van der Waals surface area contributed by atoms with E-state index in [1.807, 2.05) is 18.2 Å². The number of benzene rings is 1. The van der Waals surface area contributed by atoms with E-state index < -0.39 is 36.2 Å². The average Bonchev–Trinajstić information content (AvgIpc) is 2.56. The third kappa shape index (κ3) is 6.08. The maximum atomic E-state index is 11.5. The zero-order chi connectivity index (χ0) is 18.2. The van der Waals surface area contributed by atoms with Crippen molar-refractivity contribution in [3.63, 3.8) is 0 Å². The van der Waals surface area contributed by atoms with E-state index in [2.05, 4.69) is 42.2 Å². The molecule has 0 aliphatic rings. The predicted molar refractivity (Wildman–Crippen MR) is 94.8 cm³/mol. The van der Waals surface area contributed by atoms with E-state index >= 15 is 0 Å². The summed E-state index contributed by atoms with van der Waals surface area (Å²) in [6, 6.07) is 8.02. The fourth-order valence-electron chi connectivity index (χ4n) is 2.10. The predicted octanol–water partition coefficient (Wildman–Crippen LogP) is 1.97. The third-order valence-electron chi connectivity index (χ3n) is 3.40. The number of hydrogen-bond donors (Lipinski definition) is 0. The Kier molecular flexibility index (Phi) is 8.12. The van der Waals surface area contributed by atoms with Crippen LogP contribution in [0.25, 0.3) is 0 Å². The number of carbonyl (C=O) groups is 2. The molecule has 0 radical (unpaired) electrons. The van der Waals surface area contributed by atoms with Gasteiger partial charge in [-0.1, -0.05) is 0 Å². The van der Waals surface area contributed by atoms with E-state index in [1.165, 1.54) is 17.8 Å². The van der Waals surface area contributed by atoms with Crippen LogP contribution in [-0.4, -0.2) is 51.1 Å². The standard InChI is InChI=1S/C15H15O5.3CH3.Sn/c1-18-14(16)13(15(17)19-2)10-6-7-11-20-12-8-4-3-5-9-12;;;;/h3-5,8,13H,10-11H2,1-2H3;3*1H3;. The van der Waals surface area contributed by atoms with E-state index in [1.54, 1.807) is 0 Å². The van der Waals surface area contributed by atoms with Crippen LogP contribution in [0.1, 0.15) is 6.42 Å². The van der Waals surface area contributed by atoms with Crippen molar-refractivity contribution in [3.8, 4) is 17.6 Å². The van der Waals surface area contributed by atoms with Gasteiger partial charge in [0.1, 0.15) is 0 Å². The van der Waals surface area contributed by atoms with Gasteiger partial charge < -0.3 is 0 Å². The maximum absolute atomic E-state index is 11.5. The molecule has 6 heteroatoms. The van der Waals surface area contributed by atoms with Gasteiger partial charge in [-0.15, -0.1) is 0 Å². The van der Waals surface area contributed by atoms with Crippen LogP contribution in [0.3, 0.4) is 0 Å². The molecular weight excluding hydrogens is 415 g/mol. The van der Waals surface area contributed by atoms with E-state index in [0.29, 0.717) is 0 Å². The first kappa shape index (κ1) is 20.4. The minimum absolute atomic E-state index is 0.0445. The van der Waals surface area contributed by atoms with Crippen molar-refractivity contribution in [3.05, 3.63) is 24.3 Å². The SMILES string of the molecule is COC(=O)C(CC#CCOc1cccc[c]1[Sn]([CH3])([CH3])[CH3])C(=O)OC. The molecule has 0 fully saturated rings. The summed E-state index contributed by atoms with van der Waals surface area (Å²) in [7, 11) is 2.45. The molecule has 0 atom stereocenters. The second-order valence-electron chi connectivity index (χ2n) is 6.19. The number of hydrogen-bond acceptors (Lipinski definition) is 5. The quantitative estimate of drug-likeness (QED) is 0.294. The van der Waals surface area contributed by atoms with Gasteiger partial charge in [0.2, 0.25) is 0 Å². The summed E-state index contributed by atoms with van der Waals surface area (Å²) >= 11 is -2.25. The Morgan fingerprint density at radius 1 is 1.04 bits per heavy atom. The van der Waals surface area contributed by atoms with Gasteiger partial charge in [-0.2, -0.15) is 0 Å². The Labute approximate surface area is 147 Å². The van der Waals surface area contributed by atoms with Gasteiger partial charge in [0.25, 0.3) is 0 Å². The molecule has 0 aromatic heterocycles. The molecule has 1 rings (SSSR count). The average molecular weight is 439 g/mol. The molecule has 1 aromatic carbocycles. The van der Waals surface area contributed by atoms with Crippen LogP contribution in [0.4, 0.5) is 0 Å². The van der Waals surface area contributed by atoms with E-state index in [0.717, 1.165) is 5.75 Å². The number of esters is 2. The first-order valence-electron chi connectivity index (χ1n) is 7.65. The third-order valence-corrected chi connectivity index (χ3v) is 9.19. The molecule has 0 heterocycles. The van der Waals surface area contributed by atoms with Gasteiger partial charge in [-0.25, -0.2) is 0 Å². The second kappa shape index (κ2) is 9.57. The molecule has 0 saturated carbocycles. The van der Waals surface area contributed by atoms with Crippen molar-refractivity contribution >= 4 is 33.9 Å². The normalized spacial score (nSPS) is 10.6. The van der Waals surface area contributed by atoms with Crippen molar-refractivity contribution < 1.29 is 23.8 Å². The van der Waals surface area contributed by atoms with Gasteiger partial charge in [-0.05, 0) is 0 Å². The Hall–Kier alpha value is -1.68. The molecule has 0 aliphatic heterocycles. The summed E-state index contributed by atoms with van der Waals surface area (Å²) < 4.78 is 16.2. The van der Waals surface area contributed by atoms with Crippen LogP contribution in [0.15, 0.2) is 24.3 Å². The molecule has 5 nitrogen and oxygen atoms in total. The zero-order valence-corrected chi connectivity index (χ0v) is 17.7. The van der Waals surface area contributed by atoms with Crippen LogP contribution >= 0.6 is 0 Å². The Morgan fingerprint density at radius 2 is 1.62 bits per heavy atom. The summed E-state index contributed by atoms with van der Waals surface area (Å²) in [4.78, 5) is 30.0. The molecular formula is C18H24O5Sn. The first-order valence-corrected chi connectivity index (χ1v) is 17.6. The molecule has 1 aromatic rings. The Balaban J connectivity index is 2.68. The van der Waals surface area contributed by atoms with Crippen LogP contribution in [-0.2, 0) is 19.1 Å². The molecule has 0 bridgehead atoms. The summed E-state index contributed by atoms with van der Waals surface area (Å²) in [5.74, 6) is 4.17. The summed E-state index contributed by atoms with van der Waals surface area (Å²) in [5.41, 5.74) is 0. The topological polar surface area (TPSA) is 61.8 Å². The fourth-order valence-corrected chi connectivity index (χ4v) is 6.35. The van der Waals surface area contributed by atoms with Crippen LogP contribution < -0.4 is 8.32 Å². The van der Waals surface area contributed by atoms with Crippen LogP contribution in [0.5, 0.6) is 5.75 Å². The number of methoxy groups -OCH3 is 2. The number of para-hydroxylation sites is 1. The van der Waals surface area contributed by atoms with Gasteiger partial charge in [0, 0.05) is 0 Å². The van der Waals surface area contributed by atoms with Gasteiger partial charge >= 0.3 is 148 Å². The molecule has 0 spiro atoms. The van der Waals surface area contributed by atoms with Gasteiger partial charge in [0.05, 0.1) is 0 Å². The van der Waals surface area contributed by atoms with Crippen molar-refractivity contribution in [1.29, 1.82) is 0 Å². The summed E-state index contributed by atoms with van der Waals surface area (Å²) in [6.45, 7) is 0.202. The van der Waals surface area contributed by atoms with Crippen molar-refractivity contribution in [1.82, 2.24) is 0 Å². The summed E-state index contributed by atoms with van der Waals surface area (Å²) in [6.07, 6.45) is 0.0445.